The number of nitrogens with two attached hydrogens (primary N) is 1. The number of halogens is 2. The fourth-order valence-corrected chi connectivity index (χ4v) is 0.604. The van der Waals surface area contributed by atoms with Crippen molar-refractivity contribution < 1.29 is 4.74 Å². The fourth-order valence-electron chi connectivity index (χ4n) is 0.604. The highest BCUT2D eigenvalue weighted by molar-refractivity contribution is 5.85. The first-order chi connectivity index (χ1) is 4.33. The normalized spacial score (nSPS) is 7.36. The summed E-state index contributed by atoms with van der Waals surface area (Å²) >= 11 is 0. The Hall–Kier alpha value is -0.600. The second kappa shape index (κ2) is 6.13. The summed E-state index contributed by atoms with van der Waals surface area (Å²) < 4.78 is 4.91. The minimum atomic E-state index is 0. The second-order valence-corrected chi connectivity index (χ2v) is 1.77. The van der Waals surface area contributed by atoms with Crippen molar-refractivity contribution in [1.29, 1.82) is 0 Å². The molecule has 0 unspecified atom stereocenters. The van der Waals surface area contributed by atoms with Crippen molar-refractivity contribution in [1.82, 2.24) is 0 Å². The van der Waals surface area contributed by atoms with E-state index in [4.69, 9.17) is 10.5 Å². The van der Waals surface area contributed by atoms with E-state index in [9.17, 15) is 0 Å². The quantitative estimate of drug-likeness (QED) is 0.698. The van der Waals surface area contributed by atoms with Crippen molar-refractivity contribution in [3.8, 4) is 5.75 Å². The molecule has 0 fully saturated rings. The van der Waals surface area contributed by atoms with Crippen LogP contribution in [0.1, 0.15) is 0 Å². The van der Waals surface area contributed by atoms with Gasteiger partial charge >= 0.3 is 0 Å². The molecule has 0 aromatic heterocycles. The molecular weight excluding hydrogens is 185 g/mol. The van der Waals surface area contributed by atoms with Crippen LogP contribution < -0.4 is 10.5 Å². The van der Waals surface area contributed by atoms with E-state index in [1.807, 2.05) is 12.1 Å². The van der Waals surface area contributed by atoms with Gasteiger partial charge in [-0.05, 0) is 24.3 Å². The van der Waals surface area contributed by atoms with Crippen molar-refractivity contribution in [3.63, 3.8) is 0 Å². The SMILES string of the molecule is COc1ccc(N)cc1.Cl.Cl. The zero-order valence-electron chi connectivity index (χ0n) is 6.11. The molecule has 0 spiro atoms. The van der Waals surface area contributed by atoms with Gasteiger partial charge in [0.05, 0.1) is 7.11 Å². The van der Waals surface area contributed by atoms with E-state index >= 15 is 0 Å². The van der Waals surface area contributed by atoms with E-state index in [1.165, 1.54) is 0 Å². The Morgan fingerprint density at radius 1 is 1.09 bits per heavy atom. The molecule has 0 atom stereocenters. The number of rotatable bonds is 1. The van der Waals surface area contributed by atoms with Gasteiger partial charge in [-0.1, -0.05) is 0 Å². The number of hydrogen-bond acceptors (Lipinski definition) is 2. The lowest BCUT2D eigenvalue weighted by atomic mass is 10.3. The number of benzene rings is 1. The Kier molecular flexibility index (Phi) is 7.26. The van der Waals surface area contributed by atoms with Crippen LogP contribution in [0.25, 0.3) is 0 Å². The summed E-state index contributed by atoms with van der Waals surface area (Å²) in [5.74, 6) is 0.837. The highest BCUT2D eigenvalue weighted by Gasteiger charge is 1.85. The lowest BCUT2D eigenvalue weighted by Crippen LogP contribution is -1.84. The molecule has 0 bridgehead atoms. The number of nitrogen functional groups attached to an aromatic ring is 1. The summed E-state index contributed by atoms with van der Waals surface area (Å²) in [7, 11) is 1.63. The largest absolute Gasteiger partial charge is 0.497 e. The van der Waals surface area contributed by atoms with Gasteiger partial charge in [-0.25, -0.2) is 0 Å². The molecule has 1 aromatic carbocycles. The van der Waals surface area contributed by atoms with Gasteiger partial charge in [0.2, 0.25) is 0 Å². The van der Waals surface area contributed by atoms with E-state index in [-0.39, 0.29) is 24.8 Å². The highest BCUT2D eigenvalue weighted by atomic mass is 35.5. The van der Waals surface area contributed by atoms with Gasteiger partial charge in [0.1, 0.15) is 5.75 Å². The van der Waals surface area contributed by atoms with Gasteiger partial charge in [0.25, 0.3) is 0 Å². The van der Waals surface area contributed by atoms with Crippen LogP contribution in [0.3, 0.4) is 0 Å². The van der Waals surface area contributed by atoms with Crippen molar-refractivity contribution in [3.05, 3.63) is 24.3 Å². The van der Waals surface area contributed by atoms with Gasteiger partial charge in [0, 0.05) is 5.69 Å². The average Bonchev–Trinajstić information content (AvgIpc) is 1.90. The predicted molar refractivity (Wildman–Crippen MR) is 51.9 cm³/mol. The Labute approximate surface area is 78.6 Å². The van der Waals surface area contributed by atoms with Crippen molar-refractivity contribution >= 4 is 30.5 Å². The summed E-state index contributed by atoms with van der Waals surface area (Å²) in [6.07, 6.45) is 0. The van der Waals surface area contributed by atoms with Gasteiger partial charge in [-0.2, -0.15) is 0 Å². The Balaban J connectivity index is 0. The summed E-state index contributed by atoms with van der Waals surface area (Å²) in [6.45, 7) is 0. The van der Waals surface area contributed by atoms with Crippen LogP contribution in [0.4, 0.5) is 5.69 Å². The van der Waals surface area contributed by atoms with E-state index in [2.05, 4.69) is 0 Å². The van der Waals surface area contributed by atoms with Crippen LogP contribution in [0.5, 0.6) is 5.75 Å². The molecule has 4 heteroatoms. The molecule has 1 aromatic rings. The fraction of sp³-hybridized carbons (Fsp3) is 0.143. The third kappa shape index (κ3) is 3.96. The molecule has 0 amide bonds. The van der Waals surface area contributed by atoms with Crippen LogP contribution in [-0.2, 0) is 0 Å². The third-order valence-electron chi connectivity index (χ3n) is 1.12. The molecule has 0 saturated heterocycles. The average molecular weight is 196 g/mol. The summed E-state index contributed by atoms with van der Waals surface area (Å²) in [6, 6.07) is 7.27. The first-order valence-electron chi connectivity index (χ1n) is 2.72. The number of hydrogen-bond donors (Lipinski definition) is 1. The van der Waals surface area contributed by atoms with Gasteiger partial charge in [0.15, 0.2) is 0 Å². The number of anilines is 1. The van der Waals surface area contributed by atoms with Crippen LogP contribution in [0.15, 0.2) is 24.3 Å². The lowest BCUT2D eigenvalue weighted by molar-refractivity contribution is 0.415. The Morgan fingerprint density at radius 3 is 1.91 bits per heavy atom. The molecule has 11 heavy (non-hydrogen) atoms. The smallest absolute Gasteiger partial charge is 0.119 e. The molecule has 1 rings (SSSR count). The summed E-state index contributed by atoms with van der Waals surface area (Å²) in [5.41, 5.74) is 6.19. The number of methoxy groups -OCH3 is 1. The minimum absolute atomic E-state index is 0. The molecule has 0 heterocycles. The van der Waals surface area contributed by atoms with Crippen LogP contribution in [-0.4, -0.2) is 7.11 Å². The molecular formula is C7H11Cl2NO. The Morgan fingerprint density at radius 2 is 1.55 bits per heavy atom. The van der Waals surface area contributed by atoms with Crippen LogP contribution in [0, 0.1) is 0 Å². The topological polar surface area (TPSA) is 35.2 Å². The van der Waals surface area contributed by atoms with Gasteiger partial charge < -0.3 is 10.5 Å². The van der Waals surface area contributed by atoms with Crippen molar-refractivity contribution in [2.45, 2.75) is 0 Å². The summed E-state index contributed by atoms with van der Waals surface area (Å²) in [5, 5.41) is 0. The summed E-state index contributed by atoms with van der Waals surface area (Å²) in [4.78, 5) is 0. The molecule has 2 N–H and O–H groups in total. The monoisotopic (exact) mass is 195 g/mol. The molecule has 0 radical (unpaired) electrons. The van der Waals surface area contributed by atoms with E-state index in [0.717, 1.165) is 11.4 Å². The second-order valence-electron chi connectivity index (χ2n) is 1.77. The zero-order valence-corrected chi connectivity index (χ0v) is 7.74. The maximum Gasteiger partial charge on any atom is 0.119 e. The third-order valence-corrected chi connectivity index (χ3v) is 1.12. The Bertz CT molecular complexity index is 188. The first-order valence-corrected chi connectivity index (χ1v) is 2.72. The molecule has 0 aliphatic rings. The van der Waals surface area contributed by atoms with Crippen LogP contribution in [0.2, 0.25) is 0 Å². The molecule has 64 valence electrons. The maximum absolute atomic E-state index is 5.43. The number of ether oxygens (including phenoxy) is 1. The van der Waals surface area contributed by atoms with Crippen LogP contribution >= 0.6 is 24.8 Å². The standard InChI is InChI=1S/C7H9NO.2ClH/c1-9-7-4-2-6(8)3-5-7;;/h2-5H,8H2,1H3;2*1H. The minimum Gasteiger partial charge on any atom is -0.497 e. The first kappa shape index (κ1) is 13.0. The molecule has 2 nitrogen and oxygen atoms in total. The zero-order chi connectivity index (χ0) is 6.69. The molecule has 0 aliphatic heterocycles. The predicted octanol–water partition coefficient (Wildman–Crippen LogP) is 2.12. The van der Waals surface area contributed by atoms with Crippen molar-refractivity contribution in [2.24, 2.45) is 0 Å². The van der Waals surface area contributed by atoms with Gasteiger partial charge in [-0.3, -0.25) is 0 Å². The van der Waals surface area contributed by atoms with E-state index in [0.29, 0.717) is 0 Å². The molecule has 0 aliphatic carbocycles. The lowest BCUT2D eigenvalue weighted by Gasteiger charge is -1.97. The highest BCUT2D eigenvalue weighted by Crippen LogP contribution is 2.11. The van der Waals surface area contributed by atoms with Crippen molar-refractivity contribution in [2.75, 3.05) is 12.8 Å². The van der Waals surface area contributed by atoms with E-state index in [1.54, 1.807) is 19.2 Å². The van der Waals surface area contributed by atoms with Gasteiger partial charge in [-0.15, -0.1) is 24.8 Å². The maximum atomic E-state index is 5.43. The molecule has 0 saturated carbocycles. The van der Waals surface area contributed by atoms with E-state index < -0.39 is 0 Å².